The number of hydrogen-bond donors (Lipinski definition) is 1. The zero-order chi connectivity index (χ0) is 25.9. The summed E-state index contributed by atoms with van der Waals surface area (Å²) in [5.74, 6) is 1.31. The Hall–Kier alpha value is -3.94. The van der Waals surface area contributed by atoms with Crippen LogP contribution in [0.25, 0.3) is 16.9 Å². The van der Waals surface area contributed by atoms with E-state index in [4.69, 9.17) is 9.47 Å². The maximum absolute atomic E-state index is 15.2. The highest BCUT2D eigenvalue weighted by molar-refractivity contribution is 5.70. The number of piperazine rings is 1. The lowest BCUT2D eigenvalue weighted by Gasteiger charge is -2.38. The monoisotopic (exact) mass is 510 g/mol. The van der Waals surface area contributed by atoms with E-state index >= 15 is 4.39 Å². The Kier molecular flexibility index (Phi) is 6.94. The number of nitrogens with zero attached hydrogens (tertiary/aromatic N) is 3. The molecule has 1 saturated heterocycles. The maximum Gasteiger partial charge on any atom is 0.230 e. The van der Waals surface area contributed by atoms with Crippen molar-refractivity contribution in [2.24, 2.45) is 0 Å². The number of nitrogens with one attached hydrogen (secondary N) is 1. The fourth-order valence-corrected chi connectivity index (χ4v) is 5.30. The summed E-state index contributed by atoms with van der Waals surface area (Å²) < 4.78 is 26.8. The van der Waals surface area contributed by atoms with Crippen molar-refractivity contribution < 1.29 is 13.9 Å². The van der Waals surface area contributed by atoms with Crippen LogP contribution in [0.5, 0.6) is 0 Å². The number of H-pyrrole nitrogens is 1. The van der Waals surface area contributed by atoms with Crippen molar-refractivity contribution in [3.05, 3.63) is 119 Å². The molecule has 2 aliphatic rings. The largest absolute Gasteiger partial charge is 0.458 e. The first-order chi connectivity index (χ1) is 18.7. The summed E-state index contributed by atoms with van der Waals surface area (Å²) in [5.41, 5.74) is 5.62. The number of aromatic amines is 1. The summed E-state index contributed by atoms with van der Waals surface area (Å²) in [6, 6.07) is 23.5. The number of rotatable bonds is 7. The van der Waals surface area contributed by atoms with E-state index in [1.807, 2.05) is 67.0 Å². The van der Waals surface area contributed by atoms with Crippen LogP contribution in [0.4, 0.5) is 4.39 Å². The number of ether oxygens (including phenoxy) is 2. The van der Waals surface area contributed by atoms with Crippen LogP contribution >= 0.6 is 0 Å². The lowest BCUT2D eigenvalue weighted by atomic mass is 9.94. The van der Waals surface area contributed by atoms with E-state index in [-0.39, 0.29) is 18.7 Å². The first-order valence-electron chi connectivity index (χ1n) is 13.0. The third-order valence-corrected chi connectivity index (χ3v) is 7.40. The van der Waals surface area contributed by atoms with E-state index in [0.29, 0.717) is 12.0 Å². The van der Waals surface area contributed by atoms with Gasteiger partial charge in [-0.2, -0.15) is 5.10 Å². The average Bonchev–Trinajstić information content (AvgIpc) is 3.64. The second-order valence-corrected chi connectivity index (χ2v) is 9.91. The van der Waals surface area contributed by atoms with Crippen LogP contribution in [0.1, 0.15) is 28.3 Å². The zero-order valence-electron chi connectivity index (χ0n) is 21.4. The predicted octanol–water partition coefficient (Wildman–Crippen LogP) is 5.47. The van der Waals surface area contributed by atoms with E-state index in [9.17, 15) is 0 Å². The molecule has 1 N–H and O–H groups in total. The standard InChI is InChI=1S/C31H31FN4O2/c1-35-13-15-36(16-14-35)30(26-19-33-34-20-26)25-11-12-28(32)27(18-25)23-7-9-24(10-8-23)31-29(37-21-38-31)17-22-5-3-2-4-6-22/h2-12,18-20,30H,13-17,21H2,1H3,(H,33,34). The number of allylic oxidation sites excluding steroid dienone is 1. The van der Waals surface area contributed by atoms with Crippen LogP contribution in [0.15, 0.2) is 90.9 Å². The van der Waals surface area contributed by atoms with Gasteiger partial charge in [0.15, 0.2) is 5.76 Å². The van der Waals surface area contributed by atoms with Gasteiger partial charge in [-0.1, -0.05) is 60.7 Å². The molecule has 0 amide bonds. The van der Waals surface area contributed by atoms with Gasteiger partial charge in [0.2, 0.25) is 6.79 Å². The molecule has 0 bridgehead atoms. The van der Waals surface area contributed by atoms with Crippen LogP contribution in [0.2, 0.25) is 0 Å². The van der Waals surface area contributed by atoms with Crippen LogP contribution in [0, 0.1) is 5.82 Å². The summed E-state index contributed by atoms with van der Waals surface area (Å²) in [5, 5.41) is 7.14. The van der Waals surface area contributed by atoms with Crippen molar-refractivity contribution in [1.29, 1.82) is 0 Å². The van der Waals surface area contributed by atoms with Gasteiger partial charge >= 0.3 is 0 Å². The van der Waals surface area contributed by atoms with Crippen molar-refractivity contribution in [1.82, 2.24) is 20.0 Å². The van der Waals surface area contributed by atoms with Crippen molar-refractivity contribution in [3.8, 4) is 11.1 Å². The number of aromatic nitrogens is 2. The summed E-state index contributed by atoms with van der Waals surface area (Å²) in [7, 11) is 2.15. The van der Waals surface area contributed by atoms with Gasteiger partial charge in [-0.15, -0.1) is 0 Å². The molecule has 0 spiro atoms. The fraction of sp³-hybridized carbons (Fsp3) is 0.258. The Bertz CT molecular complexity index is 1400. The first-order valence-corrected chi connectivity index (χ1v) is 13.0. The second-order valence-electron chi connectivity index (χ2n) is 9.91. The smallest absolute Gasteiger partial charge is 0.230 e. The molecular formula is C31H31FN4O2. The Morgan fingerprint density at radius 1 is 0.895 bits per heavy atom. The third-order valence-electron chi connectivity index (χ3n) is 7.40. The molecule has 194 valence electrons. The molecule has 2 aliphatic heterocycles. The van der Waals surface area contributed by atoms with E-state index in [0.717, 1.165) is 65.5 Å². The van der Waals surface area contributed by atoms with Crippen LogP contribution in [-0.4, -0.2) is 60.0 Å². The van der Waals surface area contributed by atoms with Crippen LogP contribution in [-0.2, 0) is 15.9 Å². The lowest BCUT2D eigenvalue weighted by molar-refractivity contribution is 0.0857. The number of halogens is 1. The quantitative estimate of drug-likeness (QED) is 0.358. The zero-order valence-corrected chi connectivity index (χ0v) is 21.4. The van der Waals surface area contributed by atoms with Gasteiger partial charge in [0.1, 0.15) is 11.6 Å². The Morgan fingerprint density at radius 3 is 2.39 bits per heavy atom. The molecule has 0 radical (unpaired) electrons. The van der Waals surface area contributed by atoms with Gasteiger partial charge in [-0.25, -0.2) is 4.39 Å². The minimum Gasteiger partial charge on any atom is -0.458 e. The van der Waals surface area contributed by atoms with E-state index < -0.39 is 0 Å². The highest BCUT2D eigenvalue weighted by Crippen LogP contribution is 2.35. The van der Waals surface area contributed by atoms with Gasteiger partial charge in [0.05, 0.1) is 12.2 Å². The lowest BCUT2D eigenvalue weighted by Crippen LogP contribution is -2.46. The number of hydrogen-bond acceptors (Lipinski definition) is 5. The Morgan fingerprint density at radius 2 is 1.66 bits per heavy atom. The molecule has 1 aromatic heterocycles. The average molecular weight is 511 g/mol. The Labute approximate surface area is 222 Å². The topological polar surface area (TPSA) is 53.6 Å². The highest BCUT2D eigenvalue weighted by Gasteiger charge is 2.27. The van der Waals surface area contributed by atoms with Crippen molar-refractivity contribution in [2.45, 2.75) is 12.5 Å². The first kappa shape index (κ1) is 24.4. The van der Waals surface area contributed by atoms with Gasteiger partial charge in [-0.3, -0.25) is 10.00 Å². The minimum atomic E-state index is -0.241. The molecule has 38 heavy (non-hydrogen) atoms. The van der Waals surface area contributed by atoms with Crippen LogP contribution < -0.4 is 0 Å². The summed E-state index contributed by atoms with van der Waals surface area (Å²) >= 11 is 0. The Balaban J connectivity index is 1.29. The molecule has 0 saturated carbocycles. The molecule has 6 nitrogen and oxygen atoms in total. The SMILES string of the molecule is CN1CCN(C(c2cn[nH]c2)c2ccc(F)c(-c3ccc(C4=C(Cc5ccccc5)OCO4)cc3)c2)CC1. The van der Waals surface area contributed by atoms with Gasteiger partial charge < -0.3 is 14.4 Å². The summed E-state index contributed by atoms with van der Waals surface area (Å²) in [6.07, 6.45) is 4.47. The van der Waals surface area contributed by atoms with E-state index in [2.05, 4.69) is 39.2 Å². The summed E-state index contributed by atoms with van der Waals surface area (Å²) in [4.78, 5) is 4.78. The maximum atomic E-state index is 15.2. The molecule has 0 aliphatic carbocycles. The normalized spacial score (nSPS) is 17.3. The van der Waals surface area contributed by atoms with Crippen molar-refractivity contribution in [2.75, 3.05) is 40.0 Å². The number of benzene rings is 3. The van der Waals surface area contributed by atoms with E-state index in [1.165, 1.54) is 0 Å². The predicted molar refractivity (Wildman–Crippen MR) is 145 cm³/mol. The molecule has 7 heteroatoms. The molecule has 1 fully saturated rings. The van der Waals surface area contributed by atoms with Gasteiger partial charge in [0, 0.05) is 55.5 Å². The highest BCUT2D eigenvalue weighted by atomic mass is 19.1. The second kappa shape index (κ2) is 10.8. The molecule has 3 heterocycles. The van der Waals surface area contributed by atoms with Gasteiger partial charge in [0.25, 0.3) is 0 Å². The molecule has 3 aromatic carbocycles. The molecular weight excluding hydrogens is 479 g/mol. The van der Waals surface area contributed by atoms with Crippen LogP contribution in [0.3, 0.4) is 0 Å². The van der Waals surface area contributed by atoms with Crippen molar-refractivity contribution >= 4 is 5.76 Å². The molecule has 6 rings (SSSR count). The van der Waals surface area contributed by atoms with E-state index in [1.54, 1.807) is 6.07 Å². The van der Waals surface area contributed by atoms with Crippen molar-refractivity contribution in [3.63, 3.8) is 0 Å². The number of likely N-dealkylation sites (N-methyl/N-ethyl adjacent to an activating group) is 1. The molecule has 4 aromatic rings. The molecule has 1 atom stereocenters. The fourth-order valence-electron chi connectivity index (χ4n) is 5.30. The molecule has 1 unspecified atom stereocenters. The third kappa shape index (κ3) is 5.08. The minimum absolute atomic E-state index is 0.0100. The summed E-state index contributed by atoms with van der Waals surface area (Å²) in [6.45, 7) is 4.08. The van der Waals surface area contributed by atoms with Gasteiger partial charge in [-0.05, 0) is 35.9 Å².